The van der Waals surface area contributed by atoms with Crippen molar-refractivity contribution in [3.63, 3.8) is 0 Å². The van der Waals surface area contributed by atoms with Gasteiger partial charge in [0.05, 0.1) is 17.7 Å². The lowest BCUT2D eigenvalue weighted by Crippen LogP contribution is -2.44. The molecule has 0 bridgehead atoms. The molecule has 1 atom stereocenters. The van der Waals surface area contributed by atoms with E-state index in [0.29, 0.717) is 29.7 Å². The molecule has 2 heterocycles. The van der Waals surface area contributed by atoms with Gasteiger partial charge < -0.3 is 9.64 Å². The maximum absolute atomic E-state index is 14.5. The van der Waals surface area contributed by atoms with Crippen molar-refractivity contribution < 1.29 is 23.5 Å². The zero-order valence-electron chi connectivity index (χ0n) is 15.7. The van der Waals surface area contributed by atoms with Crippen molar-refractivity contribution in [3.8, 4) is 0 Å². The molecular weight excluding hydrogens is 351 g/mol. The minimum atomic E-state index is -1.35. The van der Waals surface area contributed by atoms with E-state index in [-0.39, 0.29) is 24.9 Å². The van der Waals surface area contributed by atoms with E-state index in [0.717, 1.165) is 4.90 Å². The van der Waals surface area contributed by atoms with Gasteiger partial charge in [-0.05, 0) is 44.9 Å². The Bertz CT molecular complexity index is 777. The minimum Gasteiger partial charge on any atom is -0.444 e. The molecule has 3 amide bonds. The third kappa shape index (κ3) is 4.02. The van der Waals surface area contributed by atoms with Crippen LogP contribution in [0.2, 0.25) is 0 Å². The van der Waals surface area contributed by atoms with E-state index in [4.69, 9.17) is 4.74 Å². The molecule has 1 fully saturated rings. The van der Waals surface area contributed by atoms with Crippen LogP contribution >= 0.6 is 0 Å². The third-order valence-corrected chi connectivity index (χ3v) is 4.52. The van der Waals surface area contributed by atoms with Crippen molar-refractivity contribution in [1.82, 2.24) is 9.80 Å². The largest absolute Gasteiger partial charge is 0.444 e. The van der Waals surface area contributed by atoms with Crippen LogP contribution in [0.5, 0.6) is 0 Å². The molecule has 0 N–H and O–H groups in total. The number of imide groups is 1. The Hall–Kier alpha value is -2.70. The maximum atomic E-state index is 14.5. The van der Waals surface area contributed by atoms with Crippen LogP contribution in [-0.4, -0.2) is 59.1 Å². The van der Waals surface area contributed by atoms with Crippen molar-refractivity contribution in [3.05, 3.63) is 47.0 Å². The van der Waals surface area contributed by atoms with Gasteiger partial charge in [-0.2, -0.15) is 0 Å². The van der Waals surface area contributed by atoms with Crippen LogP contribution < -0.4 is 0 Å². The summed E-state index contributed by atoms with van der Waals surface area (Å²) in [7, 11) is 0. The number of alkyl halides is 1. The van der Waals surface area contributed by atoms with E-state index < -0.39 is 17.9 Å². The van der Waals surface area contributed by atoms with Gasteiger partial charge in [0.1, 0.15) is 11.8 Å². The summed E-state index contributed by atoms with van der Waals surface area (Å²) in [6, 6.07) is 6.63. The quantitative estimate of drug-likeness (QED) is 0.589. The van der Waals surface area contributed by atoms with Crippen LogP contribution in [-0.2, 0) is 4.74 Å². The number of piperidine rings is 1. The SMILES string of the molecule is CC(C)(C)OC(=O)N1CCC(=CCN2C(=O)c3ccccc3C2=O)C(F)C1. The Balaban J connectivity index is 1.62. The Morgan fingerprint density at radius 3 is 2.33 bits per heavy atom. The third-order valence-electron chi connectivity index (χ3n) is 4.52. The number of amides is 3. The van der Waals surface area contributed by atoms with Crippen LogP contribution in [0.1, 0.15) is 47.9 Å². The molecule has 0 spiro atoms. The molecule has 144 valence electrons. The predicted molar refractivity (Wildman–Crippen MR) is 97.2 cm³/mol. The normalized spacial score (nSPS) is 21.6. The highest BCUT2D eigenvalue weighted by atomic mass is 19.1. The Morgan fingerprint density at radius 2 is 1.81 bits per heavy atom. The van der Waals surface area contributed by atoms with Gasteiger partial charge in [-0.25, -0.2) is 9.18 Å². The van der Waals surface area contributed by atoms with E-state index in [1.54, 1.807) is 51.1 Å². The van der Waals surface area contributed by atoms with Gasteiger partial charge in [0.2, 0.25) is 0 Å². The van der Waals surface area contributed by atoms with Gasteiger partial charge in [0.25, 0.3) is 11.8 Å². The average molecular weight is 374 g/mol. The van der Waals surface area contributed by atoms with Crippen molar-refractivity contribution in [2.24, 2.45) is 0 Å². The molecule has 27 heavy (non-hydrogen) atoms. The number of likely N-dealkylation sites (tertiary alicyclic amines) is 1. The number of fused-ring (bicyclic) bond motifs is 1. The van der Waals surface area contributed by atoms with Crippen LogP contribution in [0, 0.1) is 0 Å². The Kier molecular flexibility index (Phi) is 5.04. The van der Waals surface area contributed by atoms with Gasteiger partial charge in [0, 0.05) is 13.1 Å². The fraction of sp³-hybridized carbons (Fsp3) is 0.450. The molecule has 1 aromatic carbocycles. The van der Waals surface area contributed by atoms with Gasteiger partial charge in [-0.15, -0.1) is 0 Å². The Labute approximate surface area is 157 Å². The van der Waals surface area contributed by atoms with Crippen LogP contribution in [0.25, 0.3) is 0 Å². The number of hydrogen-bond donors (Lipinski definition) is 0. The molecule has 2 aliphatic rings. The molecule has 0 radical (unpaired) electrons. The summed E-state index contributed by atoms with van der Waals surface area (Å²) in [6.45, 7) is 5.54. The lowest BCUT2D eigenvalue weighted by Gasteiger charge is -2.33. The molecule has 7 heteroatoms. The van der Waals surface area contributed by atoms with E-state index in [1.807, 2.05) is 0 Å². The molecule has 1 unspecified atom stereocenters. The number of rotatable bonds is 2. The summed E-state index contributed by atoms with van der Waals surface area (Å²) in [4.78, 5) is 39.2. The summed E-state index contributed by atoms with van der Waals surface area (Å²) in [5, 5.41) is 0. The molecule has 0 aliphatic carbocycles. The maximum Gasteiger partial charge on any atom is 0.410 e. The summed E-state index contributed by atoms with van der Waals surface area (Å²) < 4.78 is 19.8. The van der Waals surface area contributed by atoms with Crippen LogP contribution in [0.15, 0.2) is 35.9 Å². The predicted octanol–water partition coefficient (Wildman–Crippen LogP) is 3.19. The first-order chi connectivity index (χ1) is 12.7. The average Bonchev–Trinajstić information content (AvgIpc) is 2.84. The number of carbonyl (C=O) groups excluding carboxylic acids is 3. The molecule has 0 aromatic heterocycles. The van der Waals surface area contributed by atoms with E-state index >= 15 is 0 Å². The molecular formula is C20H23FN2O4. The molecule has 1 aromatic rings. The summed E-state index contributed by atoms with van der Waals surface area (Å²) in [5.41, 5.74) is 0.603. The van der Waals surface area contributed by atoms with Gasteiger partial charge in [0.15, 0.2) is 0 Å². The molecule has 0 saturated carbocycles. The lowest BCUT2D eigenvalue weighted by molar-refractivity contribution is 0.0185. The standard InChI is InChI=1S/C20H23FN2O4/c1-20(2,3)27-19(26)22-10-8-13(16(21)12-22)9-11-23-17(24)14-6-4-5-7-15(14)18(23)25/h4-7,9,16H,8,10-12H2,1-3H3. The van der Waals surface area contributed by atoms with Gasteiger partial charge >= 0.3 is 6.09 Å². The van der Waals surface area contributed by atoms with Crippen molar-refractivity contribution in [2.45, 2.75) is 39.0 Å². The Morgan fingerprint density at radius 1 is 1.22 bits per heavy atom. The number of ether oxygens (including phenoxy) is 1. The van der Waals surface area contributed by atoms with Gasteiger partial charge in [-0.1, -0.05) is 18.2 Å². The lowest BCUT2D eigenvalue weighted by atomic mass is 10.0. The highest BCUT2D eigenvalue weighted by Crippen LogP contribution is 2.25. The van der Waals surface area contributed by atoms with E-state index in [1.165, 1.54) is 4.90 Å². The fourth-order valence-electron chi connectivity index (χ4n) is 3.16. The van der Waals surface area contributed by atoms with Crippen molar-refractivity contribution >= 4 is 17.9 Å². The van der Waals surface area contributed by atoms with E-state index in [9.17, 15) is 18.8 Å². The zero-order valence-corrected chi connectivity index (χ0v) is 15.7. The number of carbonyl (C=O) groups is 3. The second-order valence-corrected chi connectivity index (χ2v) is 7.69. The minimum absolute atomic E-state index is 0.0224. The first kappa shape index (κ1) is 19.1. The number of hydrogen-bond acceptors (Lipinski definition) is 4. The smallest absolute Gasteiger partial charge is 0.410 e. The van der Waals surface area contributed by atoms with Crippen LogP contribution in [0.3, 0.4) is 0 Å². The highest BCUT2D eigenvalue weighted by Gasteiger charge is 2.35. The number of benzene rings is 1. The molecule has 2 aliphatic heterocycles. The second-order valence-electron chi connectivity index (χ2n) is 7.69. The summed E-state index contributed by atoms with van der Waals surface area (Å²) >= 11 is 0. The number of halogens is 1. The topological polar surface area (TPSA) is 66.9 Å². The number of nitrogens with zero attached hydrogens (tertiary/aromatic N) is 2. The highest BCUT2D eigenvalue weighted by molar-refractivity contribution is 6.21. The van der Waals surface area contributed by atoms with Crippen molar-refractivity contribution in [1.29, 1.82) is 0 Å². The molecule has 6 nitrogen and oxygen atoms in total. The van der Waals surface area contributed by atoms with Crippen molar-refractivity contribution in [2.75, 3.05) is 19.6 Å². The van der Waals surface area contributed by atoms with Crippen LogP contribution in [0.4, 0.5) is 9.18 Å². The van der Waals surface area contributed by atoms with E-state index in [2.05, 4.69) is 0 Å². The first-order valence-electron chi connectivity index (χ1n) is 8.93. The first-order valence-corrected chi connectivity index (χ1v) is 8.93. The molecule has 1 saturated heterocycles. The van der Waals surface area contributed by atoms with Gasteiger partial charge in [-0.3, -0.25) is 14.5 Å². The fourth-order valence-corrected chi connectivity index (χ4v) is 3.16. The molecule has 3 rings (SSSR count). The monoisotopic (exact) mass is 374 g/mol. The summed E-state index contributed by atoms with van der Waals surface area (Å²) in [6.07, 6.45) is 0.0357. The second kappa shape index (κ2) is 7.13. The summed E-state index contributed by atoms with van der Waals surface area (Å²) in [5.74, 6) is -0.733. The zero-order chi connectivity index (χ0) is 19.8.